The van der Waals surface area contributed by atoms with Crippen LogP contribution in [0, 0.1) is 11.3 Å². The van der Waals surface area contributed by atoms with E-state index in [0.717, 1.165) is 19.0 Å². The molecule has 3 heteroatoms. The molecule has 0 aliphatic heterocycles. The first kappa shape index (κ1) is 17.9. The Hall–Kier alpha value is -0.120. The van der Waals surface area contributed by atoms with Crippen LogP contribution in [0.3, 0.4) is 0 Å². The molecule has 20 heavy (non-hydrogen) atoms. The molecule has 1 fully saturated rings. The quantitative estimate of drug-likeness (QED) is 0.695. The average molecular weight is 284 g/mol. The highest BCUT2D eigenvalue weighted by Gasteiger charge is 2.31. The Kier molecular flexibility index (Phi) is 8.08. The lowest BCUT2D eigenvalue weighted by atomic mass is 9.79. The fourth-order valence-electron chi connectivity index (χ4n) is 3.47. The Morgan fingerprint density at radius 1 is 1.00 bits per heavy atom. The summed E-state index contributed by atoms with van der Waals surface area (Å²) in [5.74, 6) is 0.734. The Balaban J connectivity index is 2.62. The largest absolute Gasteiger partial charge is 0.330 e. The van der Waals surface area contributed by atoms with E-state index in [1.807, 2.05) is 0 Å². The molecule has 1 aliphatic rings. The van der Waals surface area contributed by atoms with Crippen LogP contribution in [0.25, 0.3) is 0 Å². The van der Waals surface area contributed by atoms with E-state index >= 15 is 0 Å². The van der Waals surface area contributed by atoms with Gasteiger partial charge < -0.3 is 15.5 Å². The van der Waals surface area contributed by atoms with Crippen molar-refractivity contribution < 1.29 is 0 Å². The highest BCUT2D eigenvalue weighted by molar-refractivity contribution is 4.86. The summed E-state index contributed by atoms with van der Waals surface area (Å²) < 4.78 is 0. The maximum Gasteiger partial charge on any atom is 0.0109 e. The minimum atomic E-state index is 0.387. The molecule has 0 bridgehead atoms. The third-order valence-corrected chi connectivity index (χ3v) is 4.64. The van der Waals surface area contributed by atoms with Crippen molar-refractivity contribution in [2.24, 2.45) is 17.1 Å². The van der Waals surface area contributed by atoms with Crippen LogP contribution < -0.4 is 5.73 Å². The second-order valence-corrected chi connectivity index (χ2v) is 7.55. The molecule has 0 spiro atoms. The van der Waals surface area contributed by atoms with E-state index in [1.54, 1.807) is 0 Å². The van der Waals surface area contributed by atoms with Crippen molar-refractivity contribution in [1.82, 2.24) is 9.80 Å². The molecule has 1 aliphatic carbocycles. The van der Waals surface area contributed by atoms with Gasteiger partial charge in [-0.1, -0.05) is 39.5 Å². The van der Waals surface area contributed by atoms with Gasteiger partial charge in [0.05, 0.1) is 0 Å². The number of rotatable bonds is 8. The van der Waals surface area contributed by atoms with Gasteiger partial charge in [-0.2, -0.15) is 0 Å². The Bertz CT molecular complexity index is 243. The van der Waals surface area contributed by atoms with E-state index in [1.165, 1.54) is 58.2 Å². The zero-order valence-corrected chi connectivity index (χ0v) is 14.3. The minimum Gasteiger partial charge on any atom is -0.330 e. The van der Waals surface area contributed by atoms with Gasteiger partial charge in [0, 0.05) is 26.2 Å². The van der Waals surface area contributed by atoms with Gasteiger partial charge in [-0.15, -0.1) is 0 Å². The van der Waals surface area contributed by atoms with Crippen LogP contribution in [0.4, 0.5) is 0 Å². The van der Waals surface area contributed by atoms with Crippen molar-refractivity contribution in [2.45, 2.75) is 52.4 Å². The molecular formula is C17H37N3. The summed E-state index contributed by atoms with van der Waals surface area (Å²) in [4.78, 5) is 4.96. The zero-order chi connectivity index (χ0) is 15.0. The second kappa shape index (κ2) is 9.01. The summed E-state index contributed by atoms with van der Waals surface area (Å²) in [6.07, 6.45) is 8.23. The predicted octanol–water partition coefficient (Wildman–Crippen LogP) is 2.81. The van der Waals surface area contributed by atoms with Crippen molar-refractivity contribution >= 4 is 0 Å². The fourth-order valence-corrected chi connectivity index (χ4v) is 3.47. The number of hydrogen-bond acceptors (Lipinski definition) is 3. The molecule has 2 N–H and O–H groups in total. The molecule has 3 nitrogen and oxygen atoms in total. The summed E-state index contributed by atoms with van der Waals surface area (Å²) in [6.45, 7) is 10.2. The molecule has 0 aromatic carbocycles. The summed E-state index contributed by atoms with van der Waals surface area (Å²) in [7, 11) is 4.33. The van der Waals surface area contributed by atoms with Crippen molar-refractivity contribution in [2.75, 3.05) is 46.8 Å². The lowest BCUT2D eigenvalue weighted by Crippen LogP contribution is -2.45. The van der Waals surface area contributed by atoms with E-state index in [-0.39, 0.29) is 0 Å². The van der Waals surface area contributed by atoms with Gasteiger partial charge in [0.15, 0.2) is 0 Å². The molecule has 0 aromatic rings. The van der Waals surface area contributed by atoms with E-state index in [2.05, 4.69) is 37.7 Å². The maximum atomic E-state index is 6.21. The Morgan fingerprint density at radius 2 is 1.60 bits per heavy atom. The van der Waals surface area contributed by atoms with E-state index in [4.69, 9.17) is 5.73 Å². The van der Waals surface area contributed by atoms with Gasteiger partial charge in [-0.05, 0) is 44.8 Å². The summed E-state index contributed by atoms with van der Waals surface area (Å²) >= 11 is 0. The first-order valence-electron chi connectivity index (χ1n) is 8.54. The van der Waals surface area contributed by atoms with Crippen LogP contribution >= 0.6 is 0 Å². The van der Waals surface area contributed by atoms with Gasteiger partial charge in [-0.25, -0.2) is 0 Å². The molecule has 0 unspecified atom stereocenters. The highest BCUT2D eigenvalue weighted by atomic mass is 15.2. The van der Waals surface area contributed by atoms with Crippen molar-refractivity contribution in [1.29, 1.82) is 0 Å². The van der Waals surface area contributed by atoms with Crippen LogP contribution in [0.5, 0.6) is 0 Å². The summed E-state index contributed by atoms with van der Waals surface area (Å²) in [5, 5.41) is 0. The molecule has 120 valence electrons. The first-order valence-corrected chi connectivity index (χ1v) is 8.54. The van der Waals surface area contributed by atoms with E-state index in [9.17, 15) is 0 Å². The molecule has 1 rings (SSSR count). The summed E-state index contributed by atoms with van der Waals surface area (Å²) in [6, 6.07) is 0. The van der Waals surface area contributed by atoms with Gasteiger partial charge >= 0.3 is 0 Å². The highest BCUT2D eigenvalue weighted by Crippen LogP contribution is 2.35. The molecule has 0 aromatic heterocycles. The van der Waals surface area contributed by atoms with Gasteiger partial charge in [0.25, 0.3) is 0 Å². The molecule has 0 amide bonds. The minimum absolute atomic E-state index is 0.387. The monoisotopic (exact) mass is 283 g/mol. The van der Waals surface area contributed by atoms with Gasteiger partial charge in [-0.3, -0.25) is 0 Å². The van der Waals surface area contributed by atoms with Crippen molar-refractivity contribution in [3.8, 4) is 0 Å². The first-order chi connectivity index (χ1) is 9.47. The lowest BCUT2D eigenvalue weighted by molar-refractivity contribution is 0.118. The maximum absolute atomic E-state index is 6.21. The van der Waals surface area contributed by atoms with Crippen LogP contribution in [0.2, 0.25) is 0 Å². The number of likely N-dealkylation sites (N-methyl/N-ethyl adjacent to an activating group) is 1. The number of nitrogens with two attached hydrogens (primary N) is 1. The van der Waals surface area contributed by atoms with Crippen LogP contribution in [0.15, 0.2) is 0 Å². The molecule has 0 radical (unpaired) electrons. The molecule has 0 saturated heterocycles. The van der Waals surface area contributed by atoms with Crippen LogP contribution in [-0.2, 0) is 0 Å². The normalized spacial score (nSPS) is 19.8. The van der Waals surface area contributed by atoms with Crippen molar-refractivity contribution in [3.05, 3.63) is 0 Å². The average Bonchev–Trinajstić information content (AvgIpc) is 2.61. The number of hydrogen-bond donors (Lipinski definition) is 1. The molecule has 0 atom stereocenters. The van der Waals surface area contributed by atoms with Gasteiger partial charge in [0.1, 0.15) is 0 Å². The molecular weight excluding hydrogens is 246 g/mol. The zero-order valence-electron chi connectivity index (χ0n) is 14.3. The Labute approximate surface area is 126 Å². The smallest absolute Gasteiger partial charge is 0.0109 e. The van der Waals surface area contributed by atoms with Crippen molar-refractivity contribution in [3.63, 3.8) is 0 Å². The predicted molar refractivity (Wildman–Crippen MR) is 89.0 cm³/mol. The summed E-state index contributed by atoms with van der Waals surface area (Å²) in [5.41, 5.74) is 6.59. The Morgan fingerprint density at radius 3 is 2.05 bits per heavy atom. The molecule has 0 heterocycles. The van der Waals surface area contributed by atoms with Gasteiger partial charge in [0.2, 0.25) is 0 Å². The topological polar surface area (TPSA) is 32.5 Å². The van der Waals surface area contributed by atoms with Crippen LogP contribution in [-0.4, -0.2) is 56.6 Å². The second-order valence-electron chi connectivity index (χ2n) is 7.55. The third kappa shape index (κ3) is 6.55. The van der Waals surface area contributed by atoms with E-state index < -0.39 is 0 Å². The third-order valence-electron chi connectivity index (χ3n) is 4.64. The fraction of sp³-hybridized carbons (Fsp3) is 1.00. The standard InChI is InChI=1S/C17H37N3/c1-16(2)13-20(12-11-19(3)4)15-17(14-18)9-7-5-6-8-10-17/h16H,5-15,18H2,1-4H3. The lowest BCUT2D eigenvalue weighted by Gasteiger charge is -2.38. The molecule has 1 saturated carbocycles. The van der Waals surface area contributed by atoms with E-state index in [0.29, 0.717) is 5.41 Å². The van der Waals surface area contributed by atoms with Crippen LogP contribution in [0.1, 0.15) is 52.4 Å². The number of nitrogens with zero attached hydrogens (tertiary/aromatic N) is 2. The SMILES string of the molecule is CC(C)CN(CCN(C)C)CC1(CN)CCCCCC1.